The summed E-state index contributed by atoms with van der Waals surface area (Å²) >= 11 is 0. The van der Waals surface area contributed by atoms with Gasteiger partial charge in [-0.2, -0.15) is 4.98 Å². The molecule has 34 heavy (non-hydrogen) atoms. The van der Waals surface area contributed by atoms with E-state index in [-0.39, 0.29) is 6.61 Å². The molecule has 1 unspecified atom stereocenters. The second-order valence-corrected chi connectivity index (χ2v) is 9.35. The third-order valence-electron chi connectivity index (χ3n) is 4.52. The van der Waals surface area contributed by atoms with Crippen LogP contribution in [0, 0.1) is 0 Å². The van der Waals surface area contributed by atoms with E-state index in [0.717, 1.165) is 22.2 Å². The summed E-state index contributed by atoms with van der Waals surface area (Å²) < 4.78 is 24.0. The van der Waals surface area contributed by atoms with Crippen LogP contribution in [0.3, 0.4) is 0 Å². The van der Waals surface area contributed by atoms with Gasteiger partial charge in [-0.15, -0.1) is 9.62 Å². The van der Waals surface area contributed by atoms with Gasteiger partial charge >= 0.3 is 8.03 Å². The molecule has 4 aromatic rings. The van der Waals surface area contributed by atoms with E-state index in [9.17, 15) is 9.67 Å². The van der Waals surface area contributed by atoms with Gasteiger partial charge < -0.3 is 14.7 Å². The topological polar surface area (TPSA) is 136 Å². The Bertz CT molecular complexity index is 1230. The fraction of sp³-hybridized carbons (Fsp3) is 0.391. The van der Waals surface area contributed by atoms with Crippen LogP contribution in [0.1, 0.15) is 33.3 Å². The van der Waals surface area contributed by atoms with Crippen LogP contribution in [0.15, 0.2) is 47.0 Å². The standard InChI is InChI=1S/C21H23N5O4P.C2H6O/c1-4-29-31(28)12-14-5-7-15(8-6-14)19-22-20(30-24-19)16-9-10-18-17(11-16)23-25-26(18)13-21(2,3)27;1-2-3/h5-11,27H,4,12-13H2,1-3H3;3H,2H2,1H3/q+1;. The molecule has 0 spiro atoms. The van der Waals surface area contributed by atoms with E-state index in [1.165, 1.54) is 0 Å². The number of benzene rings is 2. The number of hydrogen-bond donors (Lipinski definition) is 2. The second-order valence-electron chi connectivity index (χ2n) is 8.11. The molecule has 0 aliphatic heterocycles. The van der Waals surface area contributed by atoms with Crippen LogP contribution in [-0.4, -0.2) is 54.2 Å². The summed E-state index contributed by atoms with van der Waals surface area (Å²) in [7, 11) is -1.69. The molecule has 0 saturated carbocycles. The van der Waals surface area contributed by atoms with Gasteiger partial charge in [-0.05, 0) is 50.5 Å². The van der Waals surface area contributed by atoms with Crippen LogP contribution >= 0.6 is 8.03 Å². The van der Waals surface area contributed by atoms with Crippen molar-refractivity contribution in [1.82, 2.24) is 25.1 Å². The zero-order chi connectivity index (χ0) is 24.7. The quantitative estimate of drug-likeness (QED) is 0.351. The van der Waals surface area contributed by atoms with Crippen LogP contribution in [0.5, 0.6) is 0 Å². The van der Waals surface area contributed by atoms with Gasteiger partial charge in [0.1, 0.15) is 5.52 Å². The van der Waals surface area contributed by atoms with E-state index in [1.54, 1.807) is 25.5 Å². The number of aromatic nitrogens is 5. The van der Waals surface area contributed by atoms with Crippen molar-refractivity contribution in [2.45, 2.75) is 46.0 Å². The van der Waals surface area contributed by atoms with Crippen molar-refractivity contribution in [1.29, 1.82) is 0 Å². The molecular weight excluding hydrogens is 457 g/mol. The van der Waals surface area contributed by atoms with Gasteiger partial charge in [0, 0.05) is 23.3 Å². The van der Waals surface area contributed by atoms with Crippen molar-refractivity contribution >= 4 is 19.1 Å². The van der Waals surface area contributed by atoms with Crippen LogP contribution in [0.25, 0.3) is 33.9 Å². The molecular formula is C23H29N5O5P+. The Kier molecular flexibility index (Phi) is 8.57. The second kappa shape index (κ2) is 11.4. The number of aliphatic hydroxyl groups is 2. The Morgan fingerprint density at radius 3 is 2.44 bits per heavy atom. The lowest BCUT2D eigenvalue weighted by atomic mass is 10.1. The zero-order valence-corrected chi connectivity index (χ0v) is 20.6. The Hall–Kier alpha value is -3.04. The van der Waals surface area contributed by atoms with Crippen molar-refractivity contribution in [2.24, 2.45) is 0 Å². The molecule has 180 valence electrons. The molecule has 4 rings (SSSR count). The Labute approximate surface area is 198 Å². The summed E-state index contributed by atoms with van der Waals surface area (Å²) in [6, 6.07) is 13.0. The molecule has 0 radical (unpaired) electrons. The molecule has 2 heterocycles. The minimum absolute atomic E-state index is 0.250. The van der Waals surface area contributed by atoms with Gasteiger partial charge in [-0.3, -0.25) is 0 Å². The van der Waals surface area contributed by atoms with E-state index in [2.05, 4.69) is 20.5 Å². The molecule has 0 aliphatic rings. The van der Waals surface area contributed by atoms with Crippen molar-refractivity contribution in [3.63, 3.8) is 0 Å². The fourth-order valence-corrected chi connectivity index (χ4v) is 4.03. The van der Waals surface area contributed by atoms with E-state index in [0.29, 0.717) is 36.5 Å². The fourth-order valence-electron chi connectivity index (χ4n) is 3.14. The molecule has 0 aliphatic carbocycles. The first-order valence-corrected chi connectivity index (χ1v) is 12.3. The lowest BCUT2D eigenvalue weighted by Crippen LogP contribution is -2.26. The average Bonchev–Trinajstić information content (AvgIpc) is 3.41. The minimum Gasteiger partial charge on any atom is -0.397 e. The van der Waals surface area contributed by atoms with Gasteiger partial charge in [0.15, 0.2) is 0 Å². The summed E-state index contributed by atoms with van der Waals surface area (Å²) in [6.07, 6.45) is 0.370. The smallest absolute Gasteiger partial charge is 0.397 e. The summed E-state index contributed by atoms with van der Waals surface area (Å²) in [5.74, 6) is 0.832. The van der Waals surface area contributed by atoms with Crippen molar-refractivity contribution < 1.29 is 23.8 Å². The van der Waals surface area contributed by atoms with E-state index in [4.69, 9.17) is 14.2 Å². The molecule has 2 N–H and O–H groups in total. The number of rotatable bonds is 8. The van der Waals surface area contributed by atoms with Gasteiger partial charge in [-0.25, -0.2) is 4.68 Å². The normalized spacial score (nSPS) is 11.9. The Morgan fingerprint density at radius 2 is 1.79 bits per heavy atom. The first kappa shape index (κ1) is 25.6. The highest BCUT2D eigenvalue weighted by Crippen LogP contribution is 2.29. The third kappa shape index (κ3) is 6.74. The van der Waals surface area contributed by atoms with Crippen LogP contribution < -0.4 is 0 Å². The number of aliphatic hydroxyl groups excluding tert-OH is 1. The average molecular weight is 486 g/mol. The predicted molar refractivity (Wildman–Crippen MR) is 128 cm³/mol. The number of nitrogens with zero attached hydrogens (tertiary/aromatic N) is 5. The molecule has 0 saturated heterocycles. The lowest BCUT2D eigenvalue weighted by Gasteiger charge is -2.16. The van der Waals surface area contributed by atoms with Crippen LogP contribution in [-0.2, 0) is 21.8 Å². The number of fused-ring (bicyclic) bond motifs is 1. The van der Waals surface area contributed by atoms with E-state index >= 15 is 0 Å². The SMILES string of the molecule is CCO.CCO[P+](=O)Cc1ccc(-c2noc(-c3ccc4c(c3)nnn4CC(C)(C)O)n2)cc1. The molecule has 2 aromatic carbocycles. The number of hydrogen-bond acceptors (Lipinski definition) is 9. The summed E-state index contributed by atoms with van der Waals surface area (Å²) in [6.45, 7) is 7.96. The largest absolute Gasteiger partial charge is 0.512 e. The molecule has 11 heteroatoms. The Morgan fingerprint density at radius 1 is 1.12 bits per heavy atom. The van der Waals surface area contributed by atoms with Gasteiger partial charge in [0.05, 0.1) is 24.3 Å². The molecule has 0 fully saturated rings. The first-order valence-electron chi connectivity index (χ1n) is 10.9. The zero-order valence-electron chi connectivity index (χ0n) is 19.7. The molecule has 0 bridgehead atoms. The highest BCUT2D eigenvalue weighted by molar-refractivity contribution is 7.38. The highest BCUT2D eigenvalue weighted by atomic mass is 31.1. The molecule has 0 amide bonds. The van der Waals surface area contributed by atoms with Crippen LogP contribution in [0.2, 0.25) is 0 Å². The van der Waals surface area contributed by atoms with Gasteiger partial charge in [-0.1, -0.05) is 34.6 Å². The highest BCUT2D eigenvalue weighted by Gasteiger charge is 2.19. The lowest BCUT2D eigenvalue weighted by molar-refractivity contribution is 0.0585. The summed E-state index contributed by atoms with van der Waals surface area (Å²) in [4.78, 5) is 4.49. The maximum absolute atomic E-state index is 11.8. The first-order chi connectivity index (χ1) is 16.2. The van der Waals surface area contributed by atoms with E-state index < -0.39 is 13.6 Å². The van der Waals surface area contributed by atoms with E-state index in [1.807, 2.05) is 49.4 Å². The van der Waals surface area contributed by atoms with Crippen molar-refractivity contribution in [3.05, 3.63) is 48.0 Å². The van der Waals surface area contributed by atoms with Crippen molar-refractivity contribution in [2.75, 3.05) is 13.2 Å². The Balaban J connectivity index is 0.00000103. The maximum atomic E-state index is 11.8. The molecule has 10 nitrogen and oxygen atoms in total. The maximum Gasteiger partial charge on any atom is 0.512 e. The molecule has 1 atom stereocenters. The van der Waals surface area contributed by atoms with Crippen LogP contribution in [0.4, 0.5) is 0 Å². The minimum atomic E-state index is -1.69. The van der Waals surface area contributed by atoms with Gasteiger partial charge in [0.25, 0.3) is 5.89 Å². The van der Waals surface area contributed by atoms with Gasteiger partial charge in [0.2, 0.25) is 12.0 Å². The third-order valence-corrected chi connectivity index (χ3v) is 5.69. The predicted octanol–water partition coefficient (Wildman–Crippen LogP) is 4.20. The van der Waals surface area contributed by atoms with Crippen molar-refractivity contribution in [3.8, 4) is 22.8 Å². The summed E-state index contributed by atoms with van der Waals surface area (Å²) in [5, 5.41) is 30.0. The molecule has 2 aromatic heterocycles. The summed E-state index contributed by atoms with van der Waals surface area (Å²) in [5.41, 5.74) is 3.03. The monoisotopic (exact) mass is 486 g/mol.